The van der Waals surface area contributed by atoms with E-state index >= 15 is 0 Å². The van der Waals surface area contributed by atoms with Gasteiger partial charge in [-0.25, -0.2) is 9.59 Å². The van der Waals surface area contributed by atoms with Crippen LogP contribution in [0.4, 0.5) is 5.69 Å². The number of aromatic amines is 2. The quantitative estimate of drug-likeness (QED) is 0.416. The first-order valence-electron chi connectivity index (χ1n) is 10.2. The maximum Gasteiger partial charge on any atom is 0.349 e. The van der Waals surface area contributed by atoms with E-state index in [2.05, 4.69) is 20.6 Å². The Morgan fingerprint density at radius 2 is 1.62 bits per heavy atom. The van der Waals surface area contributed by atoms with Gasteiger partial charge < -0.3 is 30.1 Å². The molecule has 0 unspecified atom stereocenters. The van der Waals surface area contributed by atoms with Crippen molar-refractivity contribution in [3.05, 3.63) is 61.6 Å². The van der Waals surface area contributed by atoms with E-state index in [1.54, 1.807) is 25.1 Å². The predicted octanol–water partition coefficient (Wildman–Crippen LogP) is 2.24. The second kappa shape index (κ2) is 9.65. The van der Waals surface area contributed by atoms with E-state index in [0.717, 1.165) is 38.4 Å². The standard InChI is InChI=1S/C20H22N4O4.C2H4O2/c1-10-7-14-15(24-20(27)23-14)9-13(10)22-18(25)17-11(2)8-16(28-19(17)26)12-3-5-21-6-4-12;1-2(3)4/h7-9,12,21H,3-6H2,1-2H3,(H,22,25)(H2,23,24,27);1H3,(H,3,4). The summed E-state index contributed by atoms with van der Waals surface area (Å²) in [6.07, 6.45) is 1.81. The molecule has 3 heterocycles. The Morgan fingerprint density at radius 3 is 2.22 bits per heavy atom. The topological polar surface area (TPSA) is 157 Å². The number of carbonyl (C=O) groups is 2. The molecule has 2 aromatic heterocycles. The van der Waals surface area contributed by atoms with Crippen LogP contribution in [0.25, 0.3) is 11.0 Å². The SMILES string of the molecule is CC(=O)O.Cc1cc2[nH]c(=O)[nH]c2cc1NC(=O)c1c(C)cc(C2CCNCC2)oc1=O. The fourth-order valence-corrected chi connectivity index (χ4v) is 3.72. The van der Waals surface area contributed by atoms with Gasteiger partial charge >= 0.3 is 11.3 Å². The molecule has 5 N–H and O–H groups in total. The van der Waals surface area contributed by atoms with Gasteiger partial charge in [-0.15, -0.1) is 0 Å². The molecule has 1 amide bonds. The number of benzene rings is 1. The Hall–Kier alpha value is -3.66. The molecule has 0 radical (unpaired) electrons. The molecule has 1 fully saturated rings. The number of carboxylic acids is 1. The lowest BCUT2D eigenvalue weighted by molar-refractivity contribution is -0.134. The summed E-state index contributed by atoms with van der Waals surface area (Å²) < 4.78 is 5.49. The highest BCUT2D eigenvalue weighted by atomic mass is 16.4. The Morgan fingerprint density at radius 1 is 1.03 bits per heavy atom. The van der Waals surface area contributed by atoms with Crippen molar-refractivity contribution in [3.63, 3.8) is 0 Å². The van der Waals surface area contributed by atoms with Gasteiger partial charge in [-0.2, -0.15) is 0 Å². The predicted molar refractivity (Wildman–Crippen MR) is 119 cm³/mol. The van der Waals surface area contributed by atoms with Gasteiger partial charge in [0, 0.05) is 18.5 Å². The Labute approximate surface area is 183 Å². The lowest BCUT2D eigenvalue weighted by atomic mass is 9.94. The van der Waals surface area contributed by atoms with Crippen LogP contribution in [0, 0.1) is 13.8 Å². The zero-order chi connectivity index (χ0) is 23.4. The van der Waals surface area contributed by atoms with Crippen LogP contribution in [-0.2, 0) is 4.79 Å². The largest absolute Gasteiger partial charge is 0.481 e. The number of anilines is 1. The van der Waals surface area contributed by atoms with Gasteiger partial charge in [0.15, 0.2) is 0 Å². The van der Waals surface area contributed by atoms with Crippen LogP contribution < -0.4 is 21.9 Å². The van der Waals surface area contributed by atoms with Crippen molar-refractivity contribution in [2.24, 2.45) is 0 Å². The number of fused-ring (bicyclic) bond motifs is 1. The van der Waals surface area contributed by atoms with Crippen LogP contribution >= 0.6 is 0 Å². The number of hydrogen-bond donors (Lipinski definition) is 5. The summed E-state index contributed by atoms with van der Waals surface area (Å²) in [6, 6.07) is 5.23. The second-order valence-electron chi connectivity index (χ2n) is 7.78. The van der Waals surface area contributed by atoms with E-state index in [-0.39, 0.29) is 17.2 Å². The third-order valence-corrected chi connectivity index (χ3v) is 5.25. The molecule has 1 aliphatic heterocycles. The average molecular weight is 442 g/mol. The average Bonchev–Trinajstić information content (AvgIpc) is 3.06. The van der Waals surface area contributed by atoms with Gasteiger partial charge in [0.1, 0.15) is 11.3 Å². The summed E-state index contributed by atoms with van der Waals surface area (Å²) in [5.74, 6) is -0.522. The van der Waals surface area contributed by atoms with Crippen molar-refractivity contribution in [2.75, 3.05) is 18.4 Å². The molecule has 0 saturated carbocycles. The van der Waals surface area contributed by atoms with Gasteiger partial charge in [-0.05, 0) is 69.1 Å². The third-order valence-electron chi connectivity index (χ3n) is 5.25. The van der Waals surface area contributed by atoms with Crippen LogP contribution in [0.15, 0.2) is 32.2 Å². The molecule has 4 rings (SSSR count). The van der Waals surface area contributed by atoms with Gasteiger partial charge in [-0.3, -0.25) is 9.59 Å². The van der Waals surface area contributed by atoms with E-state index in [0.29, 0.717) is 28.0 Å². The zero-order valence-corrected chi connectivity index (χ0v) is 18.1. The zero-order valence-electron chi connectivity index (χ0n) is 18.1. The number of carboxylic acid groups (broad SMARTS) is 1. The van der Waals surface area contributed by atoms with Crippen LogP contribution in [0.1, 0.15) is 52.9 Å². The molecule has 10 heteroatoms. The van der Waals surface area contributed by atoms with E-state index in [4.69, 9.17) is 14.3 Å². The first kappa shape index (κ1) is 23.0. The van der Waals surface area contributed by atoms with Gasteiger partial charge in [0.05, 0.1) is 11.0 Å². The molecule has 0 atom stereocenters. The molecule has 0 spiro atoms. The molecule has 1 saturated heterocycles. The molecule has 170 valence electrons. The number of aryl methyl sites for hydroxylation is 2. The number of H-pyrrole nitrogens is 2. The molecule has 10 nitrogen and oxygen atoms in total. The Balaban J connectivity index is 0.000000668. The van der Waals surface area contributed by atoms with E-state index in [1.807, 2.05) is 6.92 Å². The summed E-state index contributed by atoms with van der Waals surface area (Å²) in [4.78, 5) is 51.1. The molecule has 0 aliphatic carbocycles. The highest BCUT2D eigenvalue weighted by Gasteiger charge is 2.23. The van der Waals surface area contributed by atoms with Crippen molar-refractivity contribution in [2.45, 2.75) is 39.5 Å². The Bertz CT molecular complexity index is 1260. The van der Waals surface area contributed by atoms with E-state index in [9.17, 15) is 14.4 Å². The van der Waals surface area contributed by atoms with Crippen LogP contribution in [0.2, 0.25) is 0 Å². The Kier molecular flexibility index (Phi) is 6.94. The number of hydrogen-bond acceptors (Lipinski definition) is 6. The molecule has 32 heavy (non-hydrogen) atoms. The van der Waals surface area contributed by atoms with Gasteiger partial charge in [0.2, 0.25) is 0 Å². The summed E-state index contributed by atoms with van der Waals surface area (Å²) in [5, 5.41) is 13.5. The number of aliphatic carboxylic acids is 1. The third kappa shape index (κ3) is 5.33. The lowest BCUT2D eigenvalue weighted by Crippen LogP contribution is -2.28. The van der Waals surface area contributed by atoms with Crippen LogP contribution in [-0.4, -0.2) is 40.0 Å². The first-order valence-corrected chi connectivity index (χ1v) is 10.2. The summed E-state index contributed by atoms with van der Waals surface area (Å²) in [5.41, 5.74) is 2.18. The maximum absolute atomic E-state index is 12.8. The first-order chi connectivity index (χ1) is 15.2. The molecule has 3 aromatic rings. The molecular formula is C22H26N4O6. The fraction of sp³-hybridized carbons (Fsp3) is 0.364. The number of carbonyl (C=O) groups excluding carboxylic acids is 1. The smallest absolute Gasteiger partial charge is 0.349 e. The lowest BCUT2D eigenvalue weighted by Gasteiger charge is -2.22. The van der Waals surface area contributed by atoms with Crippen molar-refractivity contribution >= 4 is 28.6 Å². The second-order valence-corrected chi connectivity index (χ2v) is 7.78. The minimum Gasteiger partial charge on any atom is -0.481 e. The van der Waals surface area contributed by atoms with Crippen LogP contribution in [0.5, 0.6) is 0 Å². The minimum absolute atomic E-state index is 0.000238. The minimum atomic E-state index is -0.833. The van der Waals surface area contributed by atoms with Crippen LogP contribution in [0.3, 0.4) is 0 Å². The maximum atomic E-state index is 12.8. The molecule has 0 bridgehead atoms. The van der Waals surface area contributed by atoms with E-state index < -0.39 is 17.5 Å². The van der Waals surface area contributed by atoms with Crippen molar-refractivity contribution < 1.29 is 19.1 Å². The summed E-state index contributed by atoms with van der Waals surface area (Å²) in [6.45, 7) is 6.42. The number of imidazole rings is 1. The number of amides is 1. The van der Waals surface area contributed by atoms with Gasteiger partial charge in [0.25, 0.3) is 11.9 Å². The number of aromatic nitrogens is 2. The van der Waals surface area contributed by atoms with Crippen molar-refractivity contribution in [1.29, 1.82) is 0 Å². The highest BCUT2D eigenvalue weighted by molar-refractivity contribution is 6.06. The summed E-state index contributed by atoms with van der Waals surface area (Å²) in [7, 11) is 0. The van der Waals surface area contributed by atoms with E-state index in [1.165, 1.54) is 0 Å². The molecular weight excluding hydrogens is 416 g/mol. The monoisotopic (exact) mass is 442 g/mol. The fourth-order valence-electron chi connectivity index (χ4n) is 3.72. The van der Waals surface area contributed by atoms with Crippen molar-refractivity contribution in [1.82, 2.24) is 15.3 Å². The van der Waals surface area contributed by atoms with Crippen molar-refractivity contribution in [3.8, 4) is 0 Å². The normalized spacial score (nSPS) is 14.0. The molecule has 1 aromatic carbocycles. The molecule has 1 aliphatic rings. The number of nitrogens with one attached hydrogen (secondary N) is 4. The summed E-state index contributed by atoms with van der Waals surface area (Å²) >= 11 is 0. The number of piperidine rings is 1. The van der Waals surface area contributed by atoms with Gasteiger partial charge in [-0.1, -0.05) is 0 Å². The number of rotatable bonds is 3. The highest BCUT2D eigenvalue weighted by Crippen LogP contribution is 2.26.